The fourth-order valence-electron chi connectivity index (χ4n) is 3.01. The van der Waals surface area contributed by atoms with E-state index >= 15 is 0 Å². The molecule has 4 nitrogen and oxygen atoms in total. The van der Waals surface area contributed by atoms with Crippen molar-refractivity contribution in [2.75, 3.05) is 40.0 Å². The van der Waals surface area contributed by atoms with Gasteiger partial charge in [-0.15, -0.1) is 0 Å². The molecule has 5 heteroatoms. The van der Waals surface area contributed by atoms with E-state index in [1.165, 1.54) is 0 Å². The number of para-hydroxylation sites is 1. The lowest BCUT2D eigenvalue weighted by Crippen LogP contribution is -2.37. The van der Waals surface area contributed by atoms with Crippen molar-refractivity contribution < 1.29 is 14.2 Å². The van der Waals surface area contributed by atoms with Crippen LogP contribution in [-0.4, -0.2) is 44.9 Å². The zero-order valence-corrected chi connectivity index (χ0v) is 15.2. The van der Waals surface area contributed by atoms with Gasteiger partial charge in [0.15, 0.2) is 0 Å². The summed E-state index contributed by atoms with van der Waals surface area (Å²) in [5.74, 6) is 1.66. The second-order valence-electron chi connectivity index (χ2n) is 6.05. The van der Waals surface area contributed by atoms with Crippen molar-refractivity contribution in [3.63, 3.8) is 0 Å². The van der Waals surface area contributed by atoms with Crippen molar-refractivity contribution in [2.45, 2.75) is 12.5 Å². The Kier molecular flexibility index (Phi) is 6.56. The highest BCUT2D eigenvalue weighted by atomic mass is 35.5. The molecule has 1 heterocycles. The number of hydrogen-bond donors (Lipinski definition) is 0. The molecule has 25 heavy (non-hydrogen) atoms. The van der Waals surface area contributed by atoms with E-state index < -0.39 is 0 Å². The third kappa shape index (κ3) is 5.11. The van der Waals surface area contributed by atoms with Crippen molar-refractivity contribution in [3.8, 4) is 11.5 Å². The number of halogens is 1. The summed E-state index contributed by atoms with van der Waals surface area (Å²) in [5, 5.41) is 0.703. The van der Waals surface area contributed by atoms with Gasteiger partial charge in [0.1, 0.15) is 17.6 Å². The fourth-order valence-corrected chi connectivity index (χ4v) is 3.14. The minimum atomic E-state index is -0.0832. The van der Waals surface area contributed by atoms with Crippen molar-refractivity contribution in [1.82, 2.24) is 4.90 Å². The third-order valence-corrected chi connectivity index (χ3v) is 4.64. The van der Waals surface area contributed by atoms with Crippen LogP contribution in [0.5, 0.6) is 11.5 Å². The number of hydrogen-bond acceptors (Lipinski definition) is 4. The molecule has 1 saturated heterocycles. The molecule has 0 bridgehead atoms. The van der Waals surface area contributed by atoms with E-state index in [-0.39, 0.29) is 6.10 Å². The first-order valence-electron chi connectivity index (χ1n) is 8.61. The van der Waals surface area contributed by atoms with Crippen LogP contribution >= 0.6 is 11.6 Å². The van der Waals surface area contributed by atoms with Gasteiger partial charge in [0.25, 0.3) is 0 Å². The Balaban J connectivity index is 1.75. The molecule has 1 fully saturated rings. The lowest BCUT2D eigenvalue weighted by molar-refractivity contribution is 0.0316. The molecule has 3 rings (SSSR count). The molecule has 0 amide bonds. The Morgan fingerprint density at radius 3 is 2.52 bits per heavy atom. The number of ether oxygens (including phenoxy) is 3. The average molecular weight is 362 g/mol. The molecule has 1 unspecified atom stereocenters. The fraction of sp³-hybridized carbons (Fsp3) is 0.400. The van der Waals surface area contributed by atoms with Gasteiger partial charge in [-0.3, -0.25) is 4.90 Å². The lowest BCUT2D eigenvalue weighted by Gasteiger charge is -2.29. The van der Waals surface area contributed by atoms with E-state index in [1.54, 1.807) is 7.11 Å². The quantitative estimate of drug-likeness (QED) is 0.739. The minimum absolute atomic E-state index is 0.0832. The van der Waals surface area contributed by atoms with Crippen LogP contribution in [-0.2, 0) is 4.74 Å². The zero-order valence-electron chi connectivity index (χ0n) is 14.5. The number of rotatable bonds is 7. The predicted octanol–water partition coefficient (Wildman–Crippen LogP) is 4.19. The first kappa shape index (κ1) is 18.1. The van der Waals surface area contributed by atoms with Gasteiger partial charge in [-0.05, 0) is 30.3 Å². The highest BCUT2D eigenvalue weighted by molar-refractivity contribution is 6.30. The van der Waals surface area contributed by atoms with Gasteiger partial charge in [0.2, 0.25) is 0 Å². The number of methoxy groups -OCH3 is 1. The zero-order chi connectivity index (χ0) is 17.5. The summed E-state index contributed by atoms with van der Waals surface area (Å²) in [4.78, 5) is 2.41. The Hall–Kier alpha value is -1.75. The maximum atomic E-state index is 6.29. The molecule has 0 radical (unpaired) electrons. The maximum Gasteiger partial charge on any atom is 0.128 e. The summed E-state index contributed by atoms with van der Waals surface area (Å²) in [6.45, 7) is 4.51. The van der Waals surface area contributed by atoms with Crippen LogP contribution in [0.1, 0.15) is 18.1 Å². The van der Waals surface area contributed by atoms with Crippen molar-refractivity contribution in [2.24, 2.45) is 0 Å². The van der Waals surface area contributed by atoms with Crippen molar-refractivity contribution >= 4 is 11.6 Å². The number of nitrogens with zero attached hydrogens (tertiary/aromatic N) is 1. The van der Waals surface area contributed by atoms with E-state index in [0.29, 0.717) is 5.02 Å². The highest BCUT2D eigenvalue weighted by Gasteiger charge is 2.20. The van der Waals surface area contributed by atoms with Crippen LogP contribution < -0.4 is 9.47 Å². The van der Waals surface area contributed by atoms with Crippen molar-refractivity contribution in [3.05, 3.63) is 59.1 Å². The Bertz CT molecular complexity index is 656. The summed E-state index contributed by atoms with van der Waals surface area (Å²) in [6.07, 6.45) is 0.795. The molecule has 1 aliphatic rings. The maximum absolute atomic E-state index is 6.29. The monoisotopic (exact) mass is 361 g/mol. The molecule has 1 atom stereocenters. The molecule has 1 aliphatic heterocycles. The van der Waals surface area contributed by atoms with E-state index in [4.69, 9.17) is 25.8 Å². The van der Waals surface area contributed by atoms with Crippen LogP contribution in [0.2, 0.25) is 5.02 Å². The standard InChI is InChI=1S/C20H24ClNO3/c1-23-19-5-3-2-4-18(19)20(10-11-22-12-14-24-15-13-22)25-17-8-6-16(21)7-9-17/h2-9,20H,10-15H2,1H3. The second kappa shape index (κ2) is 9.09. The van der Waals surface area contributed by atoms with Gasteiger partial charge in [0.05, 0.1) is 20.3 Å². The smallest absolute Gasteiger partial charge is 0.128 e. The minimum Gasteiger partial charge on any atom is -0.496 e. The van der Waals surface area contributed by atoms with Gasteiger partial charge in [0, 0.05) is 36.6 Å². The normalized spacial score (nSPS) is 16.4. The summed E-state index contributed by atoms with van der Waals surface area (Å²) in [7, 11) is 1.69. The average Bonchev–Trinajstić information content (AvgIpc) is 2.67. The Labute approximate surface area is 154 Å². The Morgan fingerprint density at radius 1 is 1.08 bits per heavy atom. The van der Waals surface area contributed by atoms with E-state index in [0.717, 1.165) is 56.3 Å². The molecule has 2 aromatic carbocycles. The molecular formula is C20H24ClNO3. The summed E-state index contributed by atoms with van der Waals surface area (Å²) < 4.78 is 17.3. The van der Waals surface area contributed by atoms with E-state index in [9.17, 15) is 0 Å². The van der Waals surface area contributed by atoms with Gasteiger partial charge >= 0.3 is 0 Å². The van der Waals surface area contributed by atoms with Crippen LogP contribution in [0, 0.1) is 0 Å². The van der Waals surface area contributed by atoms with Crippen LogP contribution in [0.25, 0.3) is 0 Å². The van der Waals surface area contributed by atoms with Crippen molar-refractivity contribution in [1.29, 1.82) is 0 Å². The number of morpholine rings is 1. The molecule has 0 saturated carbocycles. The lowest BCUT2D eigenvalue weighted by atomic mass is 10.0. The first-order chi connectivity index (χ1) is 12.3. The van der Waals surface area contributed by atoms with Gasteiger partial charge in [-0.1, -0.05) is 29.8 Å². The molecular weight excluding hydrogens is 338 g/mol. The van der Waals surface area contributed by atoms with Gasteiger partial charge in [-0.2, -0.15) is 0 Å². The Morgan fingerprint density at radius 2 is 1.80 bits per heavy atom. The van der Waals surface area contributed by atoms with Gasteiger partial charge < -0.3 is 14.2 Å². The topological polar surface area (TPSA) is 30.9 Å². The molecule has 0 aromatic heterocycles. The number of benzene rings is 2. The molecule has 0 spiro atoms. The van der Waals surface area contributed by atoms with Gasteiger partial charge in [-0.25, -0.2) is 0 Å². The molecule has 2 aromatic rings. The van der Waals surface area contributed by atoms with Crippen LogP contribution in [0.3, 0.4) is 0 Å². The van der Waals surface area contributed by atoms with Crippen LogP contribution in [0.15, 0.2) is 48.5 Å². The second-order valence-corrected chi connectivity index (χ2v) is 6.48. The first-order valence-corrected chi connectivity index (χ1v) is 8.99. The predicted molar refractivity (Wildman–Crippen MR) is 99.7 cm³/mol. The summed E-state index contributed by atoms with van der Waals surface area (Å²) in [5.41, 5.74) is 1.06. The molecule has 0 aliphatic carbocycles. The largest absolute Gasteiger partial charge is 0.496 e. The molecule has 0 N–H and O–H groups in total. The summed E-state index contributed by atoms with van der Waals surface area (Å²) >= 11 is 5.98. The van der Waals surface area contributed by atoms with E-state index in [2.05, 4.69) is 11.0 Å². The van der Waals surface area contributed by atoms with Crippen LogP contribution in [0.4, 0.5) is 0 Å². The SMILES string of the molecule is COc1ccccc1C(CCN1CCOCC1)Oc1ccc(Cl)cc1. The highest BCUT2D eigenvalue weighted by Crippen LogP contribution is 2.32. The van der Waals surface area contributed by atoms with E-state index in [1.807, 2.05) is 42.5 Å². The third-order valence-electron chi connectivity index (χ3n) is 4.39. The summed E-state index contributed by atoms with van der Waals surface area (Å²) in [6, 6.07) is 15.5. The molecule has 134 valence electrons.